The second-order valence-electron chi connectivity index (χ2n) is 14.9. The molecule has 276 valence electrons. The van der Waals surface area contributed by atoms with Gasteiger partial charge in [0.15, 0.2) is 6.10 Å². The number of esters is 2. The van der Waals surface area contributed by atoms with Gasteiger partial charge in [-0.15, -0.1) is 0 Å². The van der Waals surface area contributed by atoms with Crippen LogP contribution in [0.2, 0.25) is 0 Å². The zero-order valence-electron chi connectivity index (χ0n) is 30.1. The largest absolute Gasteiger partial charge is 0.456 e. The van der Waals surface area contributed by atoms with Crippen molar-refractivity contribution in [1.82, 2.24) is 20.1 Å². The van der Waals surface area contributed by atoms with Gasteiger partial charge in [-0.05, 0) is 58.0 Å². The molecule has 50 heavy (non-hydrogen) atoms. The summed E-state index contributed by atoms with van der Waals surface area (Å²) in [6.07, 6.45) is 3.65. The summed E-state index contributed by atoms with van der Waals surface area (Å²) in [4.78, 5) is 47.2. The number of aliphatic hydroxyl groups is 1. The lowest BCUT2D eigenvalue weighted by molar-refractivity contribution is -0.172. The number of piperazine rings is 1. The molecular formula is C37H54N4O9. The molecular weight excluding hydrogens is 644 g/mol. The third kappa shape index (κ3) is 6.99. The number of cyclic esters (lactones) is 1. The van der Waals surface area contributed by atoms with E-state index in [0.29, 0.717) is 12.2 Å². The molecule has 1 spiro atoms. The second kappa shape index (κ2) is 15.2. The highest BCUT2D eigenvalue weighted by molar-refractivity contribution is 5.87. The number of aromatic amines is 1. The molecule has 4 heterocycles. The minimum absolute atomic E-state index is 0.216. The molecule has 5 aliphatic rings. The first-order valence-corrected chi connectivity index (χ1v) is 18.1. The van der Waals surface area contributed by atoms with E-state index in [4.69, 9.17) is 23.7 Å². The van der Waals surface area contributed by atoms with Crippen molar-refractivity contribution in [3.05, 3.63) is 47.8 Å². The summed E-state index contributed by atoms with van der Waals surface area (Å²) in [5, 5.41) is 14.8. The highest BCUT2D eigenvalue weighted by atomic mass is 16.6. The smallest absolute Gasteiger partial charge is 0.407 e. The fraction of sp³-hybridized carbons (Fsp3) is 0.703. The number of hydrogen-bond acceptors (Lipinski definition) is 11. The number of alkyl carbamates (subject to hydrolysis) is 1. The van der Waals surface area contributed by atoms with Gasteiger partial charge < -0.3 is 48.9 Å². The number of likely N-dealkylation sites (N-methyl/N-ethyl adjacent to an activating group) is 1. The van der Waals surface area contributed by atoms with E-state index >= 15 is 0 Å². The Morgan fingerprint density at radius 1 is 1.20 bits per heavy atom. The molecule has 3 fully saturated rings. The van der Waals surface area contributed by atoms with Crippen molar-refractivity contribution in [2.45, 2.75) is 82.8 Å². The molecule has 13 nitrogen and oxygen atoms in total. The van der Waals surface area contributed by atoms with E-state index in [1.807, 2.05) is 39.0 Å². The second-order valence-corrected chi connectivity index (χ2v) is 14.9. The number of nitrogens with one attached hydrogen (secondary N) is 2. The molecule has 4 bridgehead atoms. The predicted octanol–water partition coefficient (Wildman–Crippen LogP) is 2.77. The van der Waals surface area contributed by atoms with Gasteiger partial charge in [0.05, 0.1) is 6.10 Å². The molecule has 0 radical (unpaired) electrons. The van der Waals surface area contributed by atoms with Crippen LogP contribution < -0.4 is 5.32 Å². The summed E-state index contributed by atoms with van der Waals surface area (Å²) < 4.78 is 30.7. The van der Waals surface area contributed by atoms with Gasteiger partial charge in [0.25, 0.3) is 0 Å². The van der Waals surface area contributed by atoms with Gasteiger partial charge in [-0.3, -0.25) is 0 Å². The maximum absolute atomic E-state index is 13.7. The van der Waals surface area contributed by atoms with E-state index in [1.165, 1.54) is 7.11 Å². The number of aliphatic hydroxyl groups excluding tert-OH is 1. The molecule has 13 heteroatoms. The minimum atomic E-state index is -0.996. The Hall–Kier alpha value is -3.23. The lowest BCUT2D eigenvalue weighted by atomic mass is 9.57. The summed E-state index contributed by atoms with van der Waals surface area (Å²) in [5.74, 6) is -2.77. The minimum Gasteiger partial charge on any atom is -0.456 e. The predicted molar refractivity (Wildman–Crippen MR) is 183 cm³/mol. The normalized spacial score (nSPS) is 39.0. The Bertz CT molecular complexity index is 1430. The van der Waals surface area contributed by atoms with Gasteiger partial charge >= 0.3 is 18.0 Å². The van der Waals surface area contributed by atoms with E-state index < -0.39 is 72.1 Å². The van der Waals surface area contributed by atoms with Crippen LogP contribution in [0.4, 0.5) is 4.79 Å². The van der Waals surface area contributed by atoms with E-state index in [2.05, 4.69) is 27.1 Å². The molecule has 1 saturated carbocycles. The summed E-state index contributed by atoms with van der Waals surface area (Å²) in [5.41, 5.74) is 0.204. The summed E-state index contributed by atoms with van der Waals surface area (Å²) in [6.45, 7) is 13.0. The average molecular weight is 699 g/mol. The molecule has 1 unspecified atom stereocenters. The molecule has 2 saturated heterocycles. The van der Waals surface area contributed by atoms with Crippen LogP contribution in [0.15, 0.2) is 42.1 Å². The Balaban J connectivity index is 1.20. The first kappa shape index (κ1) is 36.6. The van der Waals surface area contributed by atoms with Gasteiger partial charge in [-0.1, -0.05) is 32.1 Å². The highest BCUT2D eigenvalue weighted by Gasteiger charge is 2.69. The topological polar surface area (TPSA) is 152 Å². The number of rotatable bonds is 9. The quantitative estimate of drug-likeness (QED) is 0.151. The number of aromatic nitrogens is 1. The van der Waals surface area contributed by atoms with Crippen molar-refractivity contribution < 1.29 is 43.2 Å². The monoisotopic (exact) mass is 698 g/mol. The van der Waals surface area contributed by atoms with Crippen molar-refractivity contribution >= 4 is 18.0 Å². The number of amides is 1. The number of carbonyl (C=O) groups is 3. The Labute approximate surface area is 294 Å². The standard InChI is InChI=1S/C37H54N4O9/c1-21-19-22(2)37-25(10-11-26-29(37)30(42)23(3)32(33(26)50-37)49-34(43)27-9-7-12-38-27)20-28(46-6)35(44)48-31(21)24(4)47-36(45)39-13-8-14-41-17-15-40(5)16-18-41/h7,9-12,19,21,23-26,28-33,38,42H,8,13-18,20H2,1-6H3,(H,39,45)/b22-19+/t21-,23-,24-,25?,26-,28+,29+,30-,31+,32-,33-,37+/m1/s1. The Morgan fingerprint density at radius 2 is 1.96 bits per heavy atom. The molecule has 0 aromatic carbocycles. The SMILES string of the molecule is CO[C@H]1CC2C=C[C@H]3[C@H]4O[C@]2(/C(C)=C/[C@@H](C)[C@@H]([C@@H](C)OC(=O)NCCCN2CCN(C)CC2)OC1=O)[C@@H]3[C@H](O)[C@@H](C)[C@H]4OC(=O)c1ccc[nH]1. The lowest BCUT2D eigenvalue weighted by Crippen LogP contribution is -2.57. The van der Waals surface area contributed by atoms with Crippen molar-refractivity contribution in [2.24, 2.45) is 29.6 Å². The number of methoxy groups -OCH3 is 1. The van der Waals surface area contributed by atoms with Crippen molar-refractivity contribution in [3.8, 4) is 0 Å². The number of ether oxygens (including phenoxy) is 5. The lowest BCUT2D eigenvalue weighted by Gasteiger charge is -2.48. The van der Waals surface area contributed by atoms with Crippen LogP contribution in [0.25, 0.3) is 0 Å². The van der Waals surface area contributed by atoms with Crippen LogP contribution in [0, 0.1) is 29.6 Å². The van der Waals surface area contributed by atoms with E-state index in [9.17, 15) is 19.5 Å². The van der Waals surface area contributed by atoms with E-state index in [-0.39, 0.29) is 24.2 Å². The van der Waals surface area contributed by atoms with Crippen LogP contribution >= 0.6 is 0 Å². The first-order chi connectivity index (χ1) is 23.9. The number of H-pyrrole nitrogens is 1. The third-order valence-electron chi connectivity index (χ3n) is 11.7. The van der Waals surface area contributed by atoms with E-state index in [1.54, 1.807) is 25.3 Å². The van der Waals surface area contributed by atoms with Crippen molar-refractivity contribution in [2.75, 3.05) is 53.4 Å². The van der Waals surface area contributed by atoms with Gasteiger partial charge in [0.2, 0.25) is 0 Å². The van der Waals surface area contributed by atoms with Gasteiger partial charge in [-0.2, -0.15) is 0 Å². The first-order valence-electron chi connectivity index (χ1n) is 18.1. The molecule has 1 aromatic heterocycles. The summed E-state index contributed by atoms with van der Waals surface area (Å²) in [7, 11) is 3.59. The molecule has 3 N–H and O–H groups in total. The molecule has 1 aromatic rings. The molecule has 3 aliphatic heterocycles. The molecule has 6 rings (SSSR count). The summed E-state index contributed by atoms with van der Waals surface area (Å²) in [6, 6.07) is 3.38. The zero-order valence-corrected chi connectivity index (χ0v) is 30.1. The van der Waals surface area contributed by atoms with Crippen LogP contribution in [-0.2, 0) is 28.5 Å². The molecule has 1 amide bonds. The fourth-order valence-corrected chi connectivity index (χ4v) is 8.97. The maximum atomic E-state index is 13.7. The van der Waals surface area contributed by atoms with Crippen molar-refractivity contribution in [1.29, 1.82) is 0 Å². The maximum Gasteiger partial charge on any atom is 0.407 e. The van der Waals surface area contributed by atoms with E-state index in [0.717, 1.165) is 44.7 Å². The van der Waals surface area contributed by atoms with Crippen LogP contribution in [-0.4, -0.2) is 134 Å². The average Bonchev–Trinajstić information content (AvgIpc) is 3.70. The number of nitrogens with zero attached hydrogens (tertiary/aromatic N) is 2. The van der Waals surface area contributed by atoms with Crippen LogP contribution in [0.3, 0.4) is 0 Å². The van der Waals surface area contributed by atoms with Gasteiger partial charge in [-0.25, -0.2) is 14.4 Å². The number of carbonyl (C=O) groups excluding carboxylic acids is 3. The number of hydrogen-bond donors (Lipinski definition) is 3. The van der Waals surface area contributed by atoms with Crippen LogP contribution in [0.5, 0.6) is 0 Å². The van der Waals surface area contributed by atoms with Crippen LogP contribution in [0.1, 0.15) is 51.0 Å². The fourth-order valence-electron chi connectivity index (χ4n) is 8.97. The van der Waals surface area contributed by atoms with Gasteiger partial charge in [0.1, 0.15) is 35.7 Å². The third-order valence-corrected chi connectivity index (χ3v) is 11.7. The van der Waals surface area contributed by atoms with Gasteiger partial charge in [0, 0.05) is 75.6 Å². The highest BCUT2D eigenvalue weighted by Crippen LogP contribution is 2.61. The van der Waals surface area contributed by atoms with Crippen molar-refractivity contribution in [3.63, 3.8) is 0 Å². The Morgan fingerprint density at radius 3 is 2.66 bits per heavy atom. The zero-order chi connectivity index (χ0) is 35.7. The molecule has 12 atom stereocenters. The Kier molecular flexibility index (Phi) is 11.1. The summed E-state index contributed by atoms with van der Waals surface area (Å²) >= 11 is 0. The molecule has 2 aliphatic carbocycles.